The molecule has 0 unspecified atom stereocenters. The summed E-state index contributed by atoms with van der Waals surface area (Å²) in [5.74, 6) is -0.166. The van der Waals surface area contributed by atoms with Gasteiger partial charge >= 0.3 is 0 Å². The van der Waals surface area contributed by atoms with Crippen LogP contribution in [0.5, 0.6) is 0 Å². The van der Waals surface area contributed by atoms with Crippen LogP contribution in [0.25, 0.3) is 0 Å². The smallest absolute Gasteiger partial charge is 0.251 e. The summed E-state index contributed by atoms with van der Waals surface area (Å²) in [5, 5.41) is 7.99. The summed E-state index contributed by atoms with van der Waals surface area (Å²) in [4.78, 5) is 12.2. The number of nitrogens with two attached hydrogens (primary N) is 1. The molecule has 0 aliphatic carbocycles. The zero-order chi connectivity index (χ0) is 17.0. The van der Waals surface area contributed by atoms with E-state index >= 15 is 0 Å². The first kappa shape index (κ1) is 17.2. The van der Waals surface area contributed by atoms with E-state index in [0.717, 1.165) is 5.56 Å². The van der Waals surface area contributed by atoms with Gasteiger partial charge in [-0.2, -0.15) is 0 Å². The molecule has 2 aromatic carbocycles. The Morgan fingerprint density at radius 2 is 1.83 bits per heavy atom. The standard InChI is InChI=1S/C17H20N2O3S/c1-12-8-9-15(10-16(12)23(18,21)22)17(20)19-11-13(2)14-6-4-3-5-7-14/h3-10,13H,11H2,1-2H3,(H,19,20)(H2,18,21,22)/t13-/m1/s1. The minimum Gasteiger partial charge on any atom is -0.351 e. The van der Waals surface area contributed by atoms with E-state index in [-0.39, 0.29) is 22.3 Å². The van der Waals surface area contributed by atoms with Crippen LogP contribution in [-0.2, 0) is 10.0 Å². The Morgan fingerprint density at radius 3 is 2.43 bits per heavy atom. The maximum Gasteiger partial charge on any atom is 0.251 e. The number of amides is 1. The van der Waals surface area contributed by atoms with Gasteiger partial charge in [-0.05, 0) is 36.1 Å². The van der Waals surface area contributed by atoms with Gasteiger partial charge in [-0.1, -0.05) is 43.3 Å². The predicted molar refractivity (Wildman–Crippen MR) is 89.7 cm³/mol. The van der Waals surface area contributed by atoms with Gasteiger partial charge < -0.3 is 5.32 Å². The van der Waals surface area contributed by atoms with Crippen molar-refractivity contribution in [1.29, 1.82) is 0 Å². The van der Waals surface area contributed by atoms with Gasteiger partial charge in [0.2, 0.25) is 10.0 Å². The molecular weight excluding hydrogens is 312 g/mol. The Balaban J connectivity index is 2.10. The minimum atomic E-state index is -3.84. The fourth-order valence-corrected chi connectivity index (χ4v) is 3.10. The van der Waals surface area contributed by atoms with Crippen LogP contribution in [0.2, 0.25) is 0 Å². The van der Waals surface area contributed by atoms with Crippen molar-refractivity contribution in [1.82, 2.24) is 5.32 Å². The van der Waals surface area contributed by atoms with E-state index in [1.54, 1.807) is 19.1 Å². The molecule has 1 amide bonds. The fourth-order valence-electron chi connectivity index (χ4n) is 2.30. The molecular formula is C17H20N2O3S. The summed E-state index contributed by atoms with van der Waals surface area (Å²) in [6.07, 6.45) is 0. The van der Waals surface area contributed by atoms with Gasteiger partial charge in [0.1, 0.15) is 0 Å². The van der Waals surface area contributed by atoms with Crippen LogP contribution in [0.4, 0.5) is 0 Å². The lowest BCUT2D eigenvalue weighted by Gasteiger charge is -2.13. The van der Waals surface area contributed by atoms with Gasteiger partial charge in [0.05, 0.1) is 4.90 Å². The van der Waals surface area contributed by atoms with Gasteiger partial charge in [0.25, 0.3) is 5.91 Å². The molecule has 1 atom stereocenters. The molecule has 0 bridgehead atoms. The second-order valence-corrected chi connectivity index (χ2v) is 7.08. The van der Waals surface area contributed by atoms with Crippen molar-refractivity contribution in [3.8, 4) is 0 Å². The Labute approximate surface area is 136 Å². The molecule has 3 N–H and O–H groups in total. The molecule has 0 saturated carbocycles. The van der Waals surface area contributed by atoms with Crippen LogP contribution < -0.4 is 10.5 Å². The van der Waals surface area contributed by atoms with E-state index in [2.05, 4.69) is 5.32 Å². The highest BCUT2D eigenvalue weighted by atomic mass is 32.2. The first-order chi connectivity index (χ1) is 10.8. The molecule has 0 aliphatic rings. The number of nitrogens with one attached hydrogen (secondary N) is 1. The molecule has 0 heterocycles. The number of carbonyl (C=O) groups is 1. The molecule has 0 aromatic heterocycles. The lowest BCUT2D eigenvalue weighted by molar-refractivity contribution is 0.0951. The largest absolute Gasteiger partial charge is 0.351 e. The average molecular weight is 332 g/mol. The molecule has 23 heavy (non-hydrogen) atoms. The van der Waals surface area contributed by atoms with E-state index in [1.807, 2.05) is 37.3 Å². The molecule has 2 aromatic rings. The van der Waals surface area contributed by atoms with Crippen LogP contribution in [0.3, 0.4) is 0 Å². The summed E-state index contributed by atoms with van der Waals surface area (Å²) >= 11 is 0. The molecule has 0 saturated heterocycles. The van der Waals surface area contributed by atoms with Gasteiger partial charge in [-0.25, -0.2) is 13.6 Å². The lowest BCUT2D eigenvalue weighted by atomic mass is 10.0. The summed E-state index contributed by atoms with van der Waals surface area (Å²) in [7, 11) is -3.84. The van der Waals surface area contributed by atoms with Crippen molar-refractivity contribution in [2.45, 2.75) is 24.7 Å². The van der Waals surface area contributed by atoms with E-state index in [9.17, 15) is 13.2 Å². The molecule has 0 spiro atoms. The third kappa shape index (κ3) is 4.40. The highest BCUT2D eigenvalue weighted by Crippen LogP contribution is 2.16. The third-order valence-electron chi connectivity index (χ3n) is 3.69. The van der Waals surface area contributed by atoms with Crippen LogP contribution >= 0.6 is 0 Å². The van der Waals surface area contributed by atoms with Gasteiger partial charge in [0.15, 0.2) is 0 Å². The summed E-state index contributed by atoms with van der Waals surface area (Å²) < 4.78 is 23.1. The molecule has 0 fully saturated rings. The first-order valence-corrected chi connectivity index (χ1v) is 8.80. The third-order valence-corrected chi connectivity index (χ3v) is 4.75. The maximum atomic E-state index is 12.2. The highest BCUT2D eigenvalue weighted by molar-refractivity contribution is 7.89. The van der Waals surface area contributed by atoms with Crippen molar-refractivity contribution in [2.24, 2.45) is 5.14 Å². The number of primary sulfonamides is 1. The van der Waals surface area contributed by atoms with Crippen molar-refractivity contribution >= 4 is 15.9 Å². The van der Waals surface area contributed by atoms with Crippen molar-refractivity contribution in [3.05, 3.63) is 65.2 Å². The van der Waals surface area contributed by atoms with E-state index in [4.69, 9.17) is 5.14 Å². The van der Waals surface area contributed by atoms with Crippen molar-refractivity contribution < 1.29 is 13.2 Å². The fraction of sp³-hybridized carbons (Fsp3) is 0.235. The minimum absolute atomic E-state index is 0.0266. The number of hydrogen-bond donors (Lipinski definition) is 2. The van der Waals surface area contributed by atoms with Gasteiger partial charge in [0, 0.05) is 12.1 Å². The Kier molecular flexibility index (Phi) is 5.18. The lowest BCUT2D eigenvalue weighted by Crippen LogP contribution is -2.28. The molecule has 0 aliphatic heterocycles. The van der Waals surface area contributed by atoms with Crippen LogP contribution in [0.1, 0.15) is 34.3 Å². The highest BCUT2D eigenvalue weighted by Gasteiger charge is 2.15. The summed E-state index contributed by atoms with van der Waals surface area (Å²) in [5.41, 5.74) is 1.92. The Morgan fingerprint density at radius 1 is 1.17 bits per heavy atom. The average Bonchev–Trinajstić information content (AvgIpc) is 2.52. The second kappa shape index (κ2) is 6.93. The molecule has 0 radical (unpaired) electrons. The van der Waals surface area contributed by atoms with E-state index < -0.39 is 10.0 Å². The first-order valence-electron chi connectivity index (χ1n) is 7.25. The number of carbonyl (C=O) groups excluding carboxylic acids is 1. The molecule has 2 rings (SSSR count). The maximum absolute atomic E-state index is 12.2. The SMILES string of the molecule is Cc1ccc(C(=O)NC[C@@H](C)c2ccccc2)cc1S(N)(=O)=O. The quantitative estimate of drug-likeness (QED) is 0.879. The number of hydrogen-bond acceptors (Lipinski definition) is 3. The number of sulfonamides is 1. The monoisotopic (exact) mass is 332 g/mol. The van der Waals surface area contributed by atoms with Gasteiger partial charge in [-0.3, -0.25) is 4.79 Å². The van der Waals surface area contributed by atoms with E-state index in [1.165, 1.54) is 6.07 Å². The number of benzene rings is 2. The van der Waals surface area contributed by atoms with Crippen LogP contribution in [-0.4, -0.2) is 20.9 Å². The zero-order valence-corrected chi connectivity index (χ0v) is 13.9. The number of aryl methyl sites for hydroxylation is 1. The van der Waals surface area contributed by atoms with Crippen molar-refractivity contribution in [3.63, 3.8) is 0 Å². The second-order valence-electron chi connectivity index (χ2n) is 5.55. The number of rotatable bonds is 5. The normalized spacial score (nSPS) is 12.7. The van der Waals surface area contributed by atoms with Crippen molar-refractivity contribution in [2.75, 3.05) is 6.54 Å². The summed E-state index contributed by atoms with van der Waals surface area (Å²) in [6.45, 7) is 4.11. The van der Waals surface area contributed by atoms with E-state index in [0.29, 0.717) is 12.1 Å². The van der Waals surface area contributed by atoms with Crippen LogP contribution in [0, 0.1) is 6.92 Å². The summed E-state index contributed by atoms with van der Waals surface area (Å²) in [6, 6.07) is 14.3. The Bertz CT molecular complexity index is 802. The van der Waals surface area contributed by atoms with Gasteiger partial charge in [-0.15, -0.1) is 0 Å². The Hall–Kier alpha value is -2.18. The van der Waals surface area contributed by atoms with Crippen LogP contribution in [0.15, 0.2) is 53.4 Å². The zero-order valence-electron chi connectivity index (χ0n) is 13.1. The predicted octanol–water partition coefficient (Wildman–Crippen LogP) is 2.18. The molecule has 5 nitrogen and oxygen atoms in total. The topological polar surface area (TPSA) is 89.3 Å². The molecule has 122 valence electrons. The molecule has 6 heteroatoms.